The van der Waals surface area contributed by atoms with Gasteiger partial charge in [0.1, 0.15) is 0 Å². The van der Waals surface area contributed by atoms with Gasteiger partial charge in [0.25, 0.3) is 0 Å². The smallest absolute Gasteiger partial charge is 0.232 e. The summed E-state index contributed by atoms with van der Waals surface area (Å²) in [6, 6.07) is 11.6. The van der Waals surface area contributed by atoms with Crippen molar-refractivity contribution in [2.45, 2.75) is 25.8 Å². The summed E-state index contributed by atoms with van der Waals surface area (Å²) >= 11 is 1.67. The highest BCUT2D eigenvalue weighted by Crippen LogP contribution is 2.27. The summed E-state index contributed by atoms with van der Waals surface area (Å²) in [6.07, 6.45) is 0. The molecule has 1 amide bonds. The van der Waals surface area contributed by atoms with Crippen molar-refractivity contribution in [1.82, 2.24) is 4.90 Å². The molecule has 0 bridgehead atoms. The molecule has 4 heteroatoms. The van der Waals surface area contributed by atoms with Crippen LogP contribution < -0.4 is 5.73 Å². The number of nitrogen functional groups attached to an aromatic ring is 1. The Balaban J connectivity index is 2.15. The molecule has 1 aromatic heterocycles. The second kappa shape index (κ2) is 5.67. The quantitative estimate of drug-likeness (QED) is 0.878. The van der Waals surface area contributed by atoms with Gasteiger partial charge < -0.3 is 10.6 Å². The van der Waals surface area contributed by atoms with Gasteiger partial charge in [-0.25, -0.2) is 0 Å². The number of carbonyl (C=O) groups excluding carboxylic acids is 1. The topological polar surface area (TPSA) is 46.3 Å². The van der Waals surface area contributed by atoms with Crippen LogP contribution in [-0.4, -0.2) is 17.9 Å². The lowest BCUT2D eigenvalue weighted by atomic mass is 9.83. The number of hydrogen-bond acceptors (Lipinski definition) is 3. The van der Waals surface area contributed by atoms with E-state index in [0.29, 0.717) is 12.2 Å². The van der Waals surface area contributed by atoms with Crippen molar-refractivity contribution in [3.05, 3.63) is 52.2 Å². The number of rotatable bonds is 4. The molecule has 0 fully saturated rings. The van der Waals surface area contributed by atoms with Gasteiger partial charge >= 0.3 is 0 Å². The lowest BCUT2D eigenvalue weighted by Gasteiger charge is -2.29. The Bertz CT molecular complexity index is 573. The average Bonchev–Trinajstić information content (AvgIpc) is 2.91. The molecule has 0 aliphatic heterocycles. The van der Waals surface area contributed by atoms with Crippen LogP contribution in [0.4, 0.5) is 5.69 Å². The first-order chi connectivity index (χ1) is 9.41. The average molecular weight is 288 g/mol. The van der Waals surface area contributed by atoms with Crippen molar-refractivity contribution in [1.29, 1.82) is 0 Å². The summed E-state index contributed by atoms with van der Waals surface area (Å²) in [5, 5.41) is 2.03. The fraction of sp³-hybridized carbons (Fsp3) is 0.312. The number of nitrogens with zero attached hydrogens (tertiary/aromatic N) is 1. The second-order valence-corrected chi connectivity index (χ2v) is 6.52. The Labute approximate surface area is 124 Å². The van der Waals surface area contributed by atoms with Crippen LogP contribution in [-0.2, 0) is 16.8 Å². The van der Waals surface area contributed by atoms with E-state index in [0.717, 1.165) is 5.56 Å². The molecule has 0 saturated heterocycles. The fourth-order valence-corrected chi connectivity index (χ4v) is 2.97. The highest BCUT2D eigenvalue weighted by molar-refractivity contribution is 7.09. The van der Waals surface area contributed by atoms with Crippen LogP contribution in [0.3, 0.4) is 0 Å². The molecule has 0 unspecified atom stereocenters. The first kappa shape index (κ1) is 14.6. The zero-order chi connectivity index (χ0) is 14.8. The van der Waals surface area contributed by atoms with Gasteiger partial charge in [-0.1, -0.05) is 18.2 Å². The molecular weight excluding hydrogens is 268 g/mol. The van der Waals surface area contributed by atoms with Gasteiger partial charge in [-0.2, -0.15) is 0 Å². The van der Waals surface area contributed by atoms with E-state index in [2.05, 4.69) is 0 Å². The Morgan fingerprint density at radius 3 is 2.45 bits per heavy atom. The molecule has 0 saturated carbocycles. The Kier molecular flexibility index (Phi) is 4.14. The van der Waals surface area contributed by atoms with Crippen molar-refractivity contribution in [3.8, 4) is 0 Å². The normalized spacial score (nSPS) is 11.3. The van der Waals surface area contributed by atoms with Crippen LogP contribution in [0.1, 0.15) is 24.3 Å². The van der Waals surface area contributed by atoms with Crippen LogP contribution in [0.15, 0.2) is 41.8 Å². The molecule has 0 aliphatic rings. The Morgan fingerprint density at radius 2 is 1.90 bits per heavy atom. The lowest BCUT2D eigenvalue weighted by molar-refractivity contribution is -0.135. The van der Waals surface area contributed by atoms with E-state index >= 15 is 0 Å². The molecule has 3 nitrogen and oxygen atoms in total. The number of anilines is 1. The van der Waals surface area contributed by atoms with Crippen molar-refractivity contribution in [2.24, 2.45) is 0 Å². The van der Waals surface area contributed by atoms with E-state index in [-0.39, 0.29) is 5.91 Å². The predicted molar refractivity (Wildman–Crippen MR) is 84.7 cm³/mol. The molecule has 1 aromatic carbocycles. The van der Waals surface area contributed by atoms with Crippen molar-refractivity contribution >= 4 is 22.9 Å². The minimum absolute atomic E-state index is 0.107. The summed E-state index contributed by atoms with van der Waals surface area (Å²) in [5.74, 6) is 0.107. The number of benzene rings is 1. The number of nitrogens with two attached hydrogens (primary N) is 1. The van der Waals surface area contributed by atoms with Gasteiger partial charge in [-0.3, -0.25) is 4.79 Å². The first-order valence-electron chi connectivity index (χ1n) is 6.55. The second-order valence-electron chi connectivity index (χ2n) is 5.49. The van der Waals surface area contributed by atoms with Gasteiger partial charge in [0, 0.05) is 17.6 Å². The van der Waals surface area contributed by atoms with Crippen LogP contribution >= 0.6 is 11.3 Å². The molecule has 2 aromatic rings. The van der Waals surface area contributed by atoms with E-state index in [1.807, 2.05) is 62.7 Å². The van der Waals surface area contributed by atoms with Crippen molar-refractivity contribution < 1.29 is 4.79 Å². The maximum Gasteiger partial charge on any atom is 0.232 e. The summed E-state index contributed by atoms with van der Waals surface area (Å²) < 4.78 is 0. The molecule has 2 rings (SSSR count). The monoisotopic (exact) mass is 288 g/mol. The number of hydrogen-bond donors (Lipinski definition) is 1. The molecule has 0 spiro atoms. The van der Waals surface area contributed by atoms with Gasteiger partial charge in [0.15, 0.2) is 0 Å². The summed E-state index contributed by atoms with van der Waals surface area (Å²) in [6.45, 7) is 4.55. The highest BCUT2D eigenvalue weighted by Gasteiger charge is 2.32. The molecule has 20 heavy (non-hydrogen) atoms. The third-order valence-electron chi connectivity index (χ3n) is 3.49. The first-order valence-corrected chi connectivity index (χ1v) is 7.43. The third-order valence-corrected chi connectivity index (χ3v) is 4.35. The molecular formula is C16H20N2OS. The SMILES string of the molecule is CN(Cc1cccs1)C(=O)C(C)(C)c1ccc(N)cc1. The fourth-order valence-electron chi connectivity index (χ4n) is 2.21. The zero-order valence-corrected chi connectivity index (χ0v) is 12.9. The lowest BCUT2D eigenvalue weighted by Crippen LogP contribution is -2.40. The Hall–Kier alpha value is -1.81. The number of likely N-dealkylation sites (N-methyl/N-ethyl adjacent to an activating group) is 1. The van der Waals surface area contributed by atoms with Crippen molar-refractivity contribution in [3.63, 3.8) is 0 Å². The predicted octanol–water partition coefficient (Wildman–Crippen LogP) is 3.27. The standard InChI is InChI=1S/C16H20N2OS/c1-16(2,12-6-8-13(17)9-7-12)15(19)18(3)11-14-5-4-10-20-14/h4-10H,11,17H2,1-3H3. The molecule has 106 valence electrons. The van der Waals surface area contributed by atoms with Crippen LogP contribution in [0.25, 0.3) is 0 Å². The van der Waals surface area contributed by atoms with E-state index in [4.69, 9.17) is 5.73 Å². The number of carbonyl (C=O) groups is 1. The zero-order valence-electron chi connectivity index (χ0n) is 12.1. The minimum Gasteiger partial charge on any atom is -0.399 e. The molecule has 1 heterocycles. The summed E-state index contributed by atoms with van der Waals surface area (Å²) in [4.78, 5) is 15.6. The van der Waals surface area contributed by atoms with Gasteiger partial charge in [0.2, 0.25) is 5.91 Å². The van der Waals surface area contributed by atoms with E-state index in [9.17, 15) is 4.79 Å². The highest BCUT2D eigenvalue weighted by atomic mass is 32.1. The van der Waals surface area contributed by atoms with Crippen LogP contribution in [0.5, 0.6) is 0 Å². The van der Waals surface area contributed by atoms with E-state index in [1.165, 1.54) is 4.88 Å². The maximum atomic E-state index is 12.7. The van der Waals surface area contributed by atoms with Crippen molar-refractivity contribution in [2.75, 3.05) is 12.8 Å². The van der Waals surface area contributed by atoms with Gasteiger partial charge in [-0.15, -0.1) is 11.3 Å². The van der Waals surface area contributed by atoms with Gasteiger partial charge in [0.05, 0.1) is 12.0 Å². The minimum atomic E-state index is -0.556. The molecule has 0 radical (unpaired) electrons. The van der Waals surface area contributed by atoms with Crippen LogP contribution in [0.2, 0.25) is 0 Å². The molecule has 2 N–H and O–H groups in total. The van der Waals surface area contributed by atoms with Gasteiger partial charge in [-0.05, 0) is 43.0 Å². The number of thiophene rings is 1. The Morgan fingerprint density at radius 1 is 1.25 bits per heavy atom. The van der Waals surface area contributed by atoms with E-state index in [1.54, 1.807) is 16.2 Å². The molecule has 0 aliphatic carbocycles. The van der Waals surface area contributed by atoms with Crippen LogP contribution in [0, 0.1) is 0 Å². The third kappa shape index (κ3) is 3.02. The maximum absolute atomic E-state index is 12.7. The molecule has 0 atom stereocenters. The van der Waals surface area contributed by atoms with E-state index < -0.39 is 5.41 Å². The summed E-state index contributed by atoms with van der Waals surface area (Å²) in [5.41, 5.74) is 6.84. The number of amides is 1. The summed E-state index contributed by atoms with van der Waals surface area (Å²) in [7, 11) is 1.85. The largest absolute Gasteiger partial charge is 0.399 e.